The van der Waals surface area contributed by atoms with E-state index in [1.54, 1.807) is 0 Å². The van der Waals surface area contributed by atoms with Crippen LogP contribution in [-0.2, 0) is 30.9 Å². The molecule has 0 N–H and O–H groups in total. The van der Waals surface area contributed by atoms with E-state index in [4.69, 9.17) is 0 Å². The van der Waals surface area contributed by atoms with Crippen molar-refractivity contribution < 1.29 is 20.1 Å². The molecule has 2 nitrogen and oxygen atoms in total. The number of aromatic nitrogens is 2. The number of pyridine rings is 2. The van der Waals surface area contributed by atoms with Crippen LogP contribution in [0.2, 0.25) is 0 Å². The van der Waals surface area contributed by atoms with E-state index in [1.807, 2.05) is 54.9 Å². The van der Waals surface area contributed by atoms with E-state index in [-0.39, 0.29) is 30.9 Å². The molecule has 0 bridgehead atoms. The average molecular weight is 687 g/mol. The third-order valence-corrected chi connectivity index (χ3v) is 8.20. The van der Waals surface area contributed by atoms with Gasteiger partial charge in [0.15, 0.2) is 0 Å². The maximum absolute atomic E-state index is 4.49. The van der Waals surface area contributed by atoms with Gasteiger partial charge in [0, 0.05) is 32.5 Å². The first-order valence-electron chi connectivity index (χ1n) is 13.2. The van der Waals surface area contributed by atoms with Crippen LogP contribution in [-0.4, -0.2) is 9.97 Å². The van der Waals surface area contributed by atoms with Gasteiger partial charge in [-0.1, -0.05) is 81.3 Å². The molecule has 1 aliphatic rings. The van der Waals surface area contributed by atoms with Crippen molar-refractivity contribution in [2.45, 2.75) is 52.4 Å². The van der Waals surface area contributed by atoms with Crippen molar-refractivity contribution in [1.82, 2.24) is 9.97 Å². The zero-order valence-corrected chi connectivity index (χ0v) is 25.9. The van der Waals surface area contributed by atoms with Crippen LogP contribution in [0.3, 0.4) is 0 Å². The summed E-state index contributed by atoms with van der Waals surface area (Å²) in [5.41, 5.74) is 12.0. The molecule has 3 aromatic carbocycles. The molecule has 3 heteroatoms. The number of hydrogen-bond donors (Lipinski definition) is 0. The zero-order valence-electron chi connectivity index (χ0n) is 23.5. The Labute approximate surface area is 246 Å². The molecule has 1 aliphatic carbocycles. The van der Waals surface area contributed by atoms with Crippen molar-refractivity contribution in [2.24, 2.45) is 0 Å². The first kappa shape index (κ1) is 28.6. The molecule has 5 aromatic rings. The molecule has 0 aliphatic heterocycles. The fraction of sp³-hybridized carbons (Fsp3) is 0.222. The van der Waals surface area contributed by atoms with Gasteiger partial charge in [0.2, 0.25) is 0 Å². The first-order chi connectivity index (χ1) is 18.2. The van der Waals surface area contributed by atoms with Crippen LogP contribution >= 0.6 is 0 Å². The normalized spacial score (nSPS) is 14.1. The fourth-order valence-electron chi connectivity index (χ4n) is 5.38. The van der Waals surface area contributed by atoms with Crippen molar-refractivity contribution in [1.29, 1.82) is 0 Å². The third kappa shape index (κ3) is 5.39. The van der Waals surface area contributed by atoms with Crippen LogP contribution in [0.5, 0.6) is 0 Å². The van der Waals surface area contributed by atoms with Crippen molar-refractivity contribution in [2.75, 3.05) is 0 Å². The zero-order chi connectivity index (χ0) is 26.9. The maximum Gasteiger partial charge on any atom is 0.0190 e. The molecule has 6 rings (SSSR count). The average Bonchev–Trinajstić information content (AvgIpc) is 2.93. The summed E-state index contributed by atoms with van der Waals surface area (Å²) in [6.07, 6.45) is 3.73. The second-order valence-electron chi connectivity index (χ2n) is 11.1. The van der Waals surface area contributed by atoms with E-state index in [2.05, 4.69) is 106 Å². The largest absolute Gasteiger partial charge is 0.305 e. The summed E-state index contributed by atoms with van der Waals surface area (Å²) >= 11 is 0. The van der Waals surface area contributed by atoms with Gasteiger partial charge in [-0.05, 0) is 58.8 Å². The summed E-state index contributed by atoms with van der Waals surface area (Å²) < 4.78 is 0. The van der Waals surface area contributed by atoms with Crippen molar-refractivity contribution >= 4 is 0 Å². The van der Waals surface area contributed by atoms with Crippen LogP contribution in [0.4, 0.5) is 0 Å². The standard InChI is InChI=1S/C23H22N.C13H12N.Ir/c1-22(2)19-10-6-5-9-17(19)18-15-16(21-11-7-8-14-24-21)12-13-20(18)23(22,3)4;1-10-8-11(2)13(14-9-10)12-6-4-3-5-7-12;/h5-11,13-15H,1-4H3;3-6,8-9H,1-2H3;/q2*-1;. The van der Waals surface area contributed by atoms with Crippen LogP contribution in [0.1, 0.15) is 49.9 Å². The summed E-state index contributed by atoms with van der Waals surface area (Å²) in [6.45, 7) is 13.5. The minimum absolute atomic E-state index is 0. The number of nitrogens with zero attached hydrogens (tertiary/aromatic N) is 2. The molecule has 2 heterocycles. The summed E-state index contributed by atoms with van der Waals surface area (Å²) in [5, 5.41) is 0. The maximum atomic E-state index is 4.49. The SMILES string of the molecule is CC1(C)c2c[c-]c(-c3ccccn3)cc2-c2ccccc2C1(C)C.Cc1cnc(-c2[c-]cccc2)c(C)c1.[Ir]. The number of hydrogen-bond acceptors (Lipinski definition) is 2. The van der Waals surface area contributed by atoms with Gasteiger partial charge in [0.25, 0.3) is 0 Å². The van der Waals surface area contributed by atoms with Crippen LogP contribution in [0, 0.1) is 26.0 Å². The molecule has 0 saturated carbocycles. The Kier molecular flexibility index (Phi) is 8.35. The second kappa shape index (κ2) is 11.4. The Morgan fingerprint density at radius 1 is 0.667 bits per heavy atom. The molecule has 0 atom stereocenters. The minimum atomic E-state index is 0. The third-order valence-electron chi connectivity index (χ3n) is 8.20. The van der Waals surface area contributed by atoms with Crippen LogP contribution in [0.15, 0.2) is 97.3 Å². The van der Waals surface area contributed by atoms with E-state index >= 15 is 0 Å². The van der Waals surface area contributed by atoms with Crippen molar-refractivity contribution in [3.05, 3.63) is 132 Å². The van der Waals surface area contributed by atoms with Crippen LogP contribution in [0.25, 0.3) is 33.6 Å². The minimum Gasteiger partial charge on any atom is -0.305 e. The van der Waals surface area contributed by atoms with Gasteiger partial charge in [-0.25, -0.2) is 0 Å². The van der Waals surface area contributed by atoms with E-state index in [0.29, 0.717) is 0 Å². The molecule has 0 fully saturated rings. The first-order valence-corrected chi connectivity index (χ1v) is 13.2. The Balaban J connectivity index is 0.000000202. The second-order valence-corrected chi connectivity index (χ2v) is 11.1. The Morgan fingerprint density at radius 3 is 2.08 bits per heavy atom. The monoisotopic (exact) mass is 687 g/mol. The summed E-state index contributed by atoms with van der Waals surface area (Å²) in [5.74, 6) is 0. The van der Waals surface area contributed by atoms with Crippen molar-refractivity contribution in [3.8, 4) is 33.6 Å². The smallest absolute Gasteiger partial charge is 0.0190 e. The number of benzene rings is 3. The van der Waals surface area contributed by atoms with Gasteiger partial charge >= 0.3 is 0 Å². The number of rotatable bonds is 2. The molecule has 0 amide bonds. The fourth-order valence-corrected chi connectivity index (χ4v) is 5.38. The topological polar surface area (TPSA) is 25.8 Å². The number of aryl methyl sites for hydroxylation is 2. The molecule has 2 aromatic heterocycles. The quantitative estimate of drug-likeness (QED) is 0.173. The Bertz CT molecular complexity index is 1570. The van der Waals surface area contributed by atoms with Gasteiger partial charge in [-0.3, -0.25) is 0 Å². The Hall–Kier alpha value is -3.39. The number of fused-ring (bicyclic) bond motifs is 3. The summed E-state index contributed by atoms with van der Waals surface area (Å²) in [4.78, 5) is 8.90. The molecular weight excluding hydrogens is 653 g/mol. The van der Waals surface area contributed by atoms with Gasteiger partial charge in [0.1, 0.15) is 0 Å². The Morgan fingerprint density at radius 2 is 1.38 bits per heavy atom. The summed E-state index contributed by atoms with van der Waals surface area (Å²) in [6, 6.07) is 36.0. The molecular formula is C36H34IrN2-2. The van der Waals surface area contributed by atoms with Gasteiger partial charge in [-0.15, -0.1) is 65.2 Å². The molecule has 0 saturated heterocycles. The molecule has 0 spiro atoms. The molecule has 0 unspecified atom stereocenters. The van der Waals surface area contributed by atoms with Crippen molar-refractivity contribution in [3.63, 3.8) is 0 Å². The van der Waals surface area contributed by atoms with Gasteiger partial charge in [0.05, 0.1) is 0 Å². The predicted octanol–water partition coefficient (Wildman–Crippen LogP) is 8.95. The van der Waals surface area contributed by atoms with E-state index in [0.717, 1.165) is 22.5 Å². The molecule has 199 valence electrons. The van der Waals surface area contributed by atoms with E-state index in [9.17, 15) is 0 Å². The van der Waals surface area contributed by atoms with Crippen LogP contribution < -0.4 is 0 Å². The van der Waals surface area contributed by atoms with Gasteiger partial charge < -0.3 is 9.97 Å². The predicted molar refractivity (Wildman–Crippen MR) is 158 cm³/mol. The van der Waals surface area contributed by atoms with E-state index < -0.39 is 0 Å². The molecule has 1 radical (unpaired) electrons. The van der Waals surface area contributed by atoms with E-state index in [1.165, 1.54) is 33.4 Å². The van der Waals surface area contributed by atoms with Gasteiger partial charge in [-0.2, -0.15) is 0 Å². The summed E-state index contributed by atoms with van der Waals surface area (Å²) in [7, 11) is 0. The molecule has 39 heavy (non-hydrogen) atoms.